The van der Waals surface area contributed by atoms with Gasteiger partial charge in [-0.25, -0.2) is 4.79 Å². The normalized spacial score (nSPS) is 20.2. The van der Waals surface area contributed by atoms with Crippen molar-refractivity contribution in [2.75, 3.05) is 27.4 Å². The summed E-state index contributed by atoms with van der Waals surface area (Å²) in [4.78, 5) is 15.7. The van der Waals surface area contributed by atoms with Crippen LogP contribution in [-0.2, 0) is 16.0 Å². The summed E-state index contributed by atoms with van der Waals surface area (Å²) in [5, 5.41) is 0. The number of carbonyl (C=O) groups excluding carboxylic acids is 1. The molecule has 0 spiro atoms. The van der Waals surface area contributed by atoms with Crippen LogP contribution in [0.15, 0.2) is 12.1 Å². The quantitative estimate of drug-likeness (QED) is 0.768. The molecule has 1 saturated heterocycles. The average Bonchev–Trinajstić information content (AvgIpc) is 3.00. The summed E-state index contributed by atoms with van der Waals surface area (Å²) in [7, 11) is 3.16. The lowest BCUT2D eigenvalue weighted by Gasteiger charge is -2.22. The fourth-order valence-corrected chi connectivity index (χ4v) is 3.31. The summed E-state index contributed by atoms with van der Waals surface area (Å²) in [5.74, 6) is -0.249. The predicted octanol–water partition coefficient (Wildman–Crippen LogP) is 2.15. The van der Waals surface area contributed by atoms with Gasteiger partial charge in [0.1, 0.15) is 4.88 Å². The van der Waals surface area contributed by atoms with Crippen molar-refractivity contribution in [3.8, 4) is 0 Å². The first-order chi connectivity index (χ1) is 8.74. The fraction of sp³-hybridized carbons (Fsp3) is 0.615. The number of ether oxygens (including phenoxy) is 2. The number of methoxy groups -OCH3 is 2. The first kappa shape index (κ1) is 13.5. The maximum absolute atomic E-state index is 11.4. The molecule has 1 unspecified atom stereocenters. The number of hydrogen-bond acceptors (Lipinski definition) is 5. The van der Waals surface area contributed by atoms with Crippen molar-refractivity contribution >= 4 is 17.3 Å². The first-order valence-corrected chi connectivity index (χ1v) is 6.96. The highest BCUT2D eigenvalue weighted by Crippen LogP contribution is 2.24. The minimum absolute atomic E-state index is 0.249. The lowest BCUT2D eigenvalue weighted by Crippen LogP contribution is -2.32. The molecule has 1 aliphatic heterocycles. The Morgan fingerprint density at radius 2 is 2.33 bits per heavy atom. The largest absolute Gasteiger partial charge is 0.465 e. The van der Waals surface area contributed by atoms with Gasteiger partial charge >= 0.3 is 5.97 Å². The molecule has 18 heavy (non-hydrogen) atoms. The Kier molecular flexibility index (Phi) is 4.74. The molecule has 0 amide bonds. The Morgan fingerprint density at radius 1 is 1.50 bits per heavy atom. The molecule has 1 aromatic heterocycles. The molecule has 1 aromatic rings. The van der Waals surface area contributed by atoms with Gasteiger partial charge in [-0.05, 0) is 31.5 Å². The van der Waals surface area contributed by atoms with Gasteiger partial charge in [-0.15, -0.1) is 11.3 Å². The number of rotatable bonds is 5. The molecule has 1 aliphatic rings. The molecular weight excluding hydrogens is 250 g/mol. The van der Waals surface area contributed by atoms with Crippen LogP contribution in [-0.4, -0.2) is 44.3 Å². The van der Waals surface area contributed by atoms with Crippen LogP contribution in [0.25, 0.3) is 0 Å². The second kappa shape index (κ2) is 6.31. The lowest BCUT2D eigenvalue weighted by molar-refractivity contribution is 0.0606. The molecule has 1 fully saturated rings. The molecule has 2 heterocycles. The van der Waals surface area contributed by atoms with Crippen LogP contribution in [0.5, 0.6) is 0 Å². The van der Waals surface area contributed by atoms with E-state index in [1.54, 1.807) is 7.11 Å². The average molecular weight is 269 g/mol. The lowest BCUT2D eigenvalue weighted by atomic mass is 10.2. The summed E-state index contributed by atoms with van der Waals surface area (Å²) in [6.07, 6.45) is 2.42. The third kappa shape index (κ3) is 3.10. The van der Waals surface area contributed by atoms with Crippen LogP contribution >= 0.6 is 11.3 Å². The minimum atomic E-state index is -0.249. The predicted molar refractivity (Wildman–Crippen MR) is 71.0 cm³/mol. The second-order valence-electron chi connectivity index (χ2n) is 4.48. The Bertz CT molecular complexity index is 405. The van der Waals surface area contributed by atoms with Gasteiger partial charge < -0.3 is 9.47 Å². The van der Waals surface area contributed by atoms with Crippen LogP contribution < -0.4 is 0 Å². The van der Waals surface area contributed by atoms with Gasteiger partial charge in [0, 0.05) is 24.6 Å². The topological polar surface area (TPSA) is 38.8 Å². The Hall–Kier alpha value is -0.910. The van der Waals surface area contributed by atoms with Crippen molar-refractivity contribution in [3.05, 3.63) is 21.9 Å². The van der Waals surface area contributed by atoms with E-state index in [2.05, 4.69) is 4.90 Å². The van der Waals surface area contributed by atoms with E-state index in [0.717, 1.165) is 19.7 Å². The maximum atomic E-state index is 11.4. The van der Waals surface area contributed by atoms with E-state index >= 15 is 0 Å². The summed E-state index contributed by atoms with van der Waals surface area (Å²) < 4.78 is 9.96. The van der Waals surface area contributed by atoms with Gasteiger partial charge in [0.2, 0.25) is 0 Å². The summed E-state index contributed by atoms with van der Waals surface area (Å²) in [6, 6.07) is 4.37. The monoisotopic (exact) mass is 269 g/mol. The van der Waals surface area contributed by atoms with Crippen molar-refractivity contribution in [2.24, 2.45) is 0 Å². The van der Waals surface area contributed by atoms with Gasteiger partial charge in [0.15, 0.2) is 0 Å². The van der Waals surface area contributed by atoms with Crippen molar-refractivity contribution in [1.29, 1.82) is 0 Å². The van der Waals surface area contributed by atoms with Gasteiger partial charge in [-0.3, -0.25) is 4.90 Å². The third-order valence-corrected chi connectivity index (χ3v) is 4.32. The molecule has 5 heteroatoms. The minimum Gasteiger partial charge on any atom is -0.465 e. The molecular formula is C13H19NO3S. The molecule has 1 atom stereocenters. The zero-order valence-electron chi connectivity index (χ0n) is 10.8. The molecule has 0 saturated carbocycles. The molecule has 2 rings (SSSR count). The highest BCUT2D eigenvalue weighted by Gasteiger charge is 2.24. The van der Waals surface area contributed by atoms with Crippen molar-refractivity contribution in [1.82, 2.24) is 4.90 Å². The van der Waals surface area contributed by atoms with Gasteiger partial charge in [0.05, 0.1) is 13.7 Å². The summed E-state index contributed by atoms with van der Waals surface area (Å²) in [5.41, 5.74) is 0. The number of hydrogen-bond donors (Lipinski definition) is 0. The molecule has 0 bridgehead atoms. The Balaban J connectivity index is 1.96. The fourth-order valence-electron chi connectivity index (χ4n) is 2.36. The molecule has 0 N–H and O–H groups in total. The van der Waals surface area contributed by atoms with Gasteiger partial charge in [-0.1, -0.05) is 0 Å². The summed E-state index contributed by atoms with van der Waals surface area (Å²) in [6.45, 7) is 2.80. The zero-order chi connectivity index (χ0) is 13.0. The molecule has 0 aliphatic carbocycles. The Morgan fingerprint density at radius 3 is 3.06 bits per heavy atom. The number of likely N-dealkylation sites (tertiary alicyclic amines) is 1. The van der Waals surface area contributed by atoms with E-state index < -0.39 is 0 Å². The number of nitrogens with zero attached hydrogens (tertiary/aromatic N) is 1. The zero-order valence-corrected chi connectivity index (χ0v) is 11.7. The molecule has 100 valence electrons. The van der Waals surface area contributed by atoms with Crippen molar-refractivity contribution in [2.45, 2.75) is 25.4 Å². The highest BCUT2D eigenvalue weighted by atomic mass is 32.1. The van der Waals surface area contributed by atoms with Crippen LogP contribution in [0.3, 0.4) is 0 Å². The van der Waals surface area contributed by atoms with E-state index in [-0.39, 0.29) is 5.97 Å². The SMILES string of the molecule is COCC1CCCN1Cc1ccc(C(=O)OC)s1. The number of esters is 1. The van der Waals surface area contributed by atoms with E-state index in [1.807, 2.05) is 12.1 Å². The van der Waals surface area contributed by atoms with Crippen LogP contribution in [0.1, 0.15) is 27.4 Å². The van der Waals surface area contributed by atoms with E-state index in [4.69, 9.17) is 9.47 Å². The van der Waals surface area contributed by atoms with Crippen LogP contribution in [0.4, 0.5) is 0 Å². The smallest absolute Gasteiger partial charge is 0.348 e. The Labute approximate surface area is 111 Å². The van der Waals surface area contributed by atoms with E-state index in [1.165, 1.54) is 36.2 Å². The number of carbonyl (C=O) groups is 1. The number of thiophene rings is 1. The van der Waals surface area contributed by atoms with Crippen molar-refractivity contribution in [3.63, 3.8) is 0 Å². The molecule has 0 radical (unpaired) electrons. The standard InChI is InChI=1S/C13H19NO3S/c1-16-9-10-4-3-7-14(10)8-11-5-6-12(18-11)13(15)17-2/h5-6,10H,3-4,7-9H2,1-2H3. The molecule has 4 nitrogen and oxygen atoms in total. The molecule has 0 aromatic carbocycles. The van der Waals surface area contributed by atoms with Gasteiger partial charge in [-0.2, -0.15) is 0 Å². The second-order valence-corrected chi connectivity index (χ2v) is 5.65. The van der Waals surface area contributed by atoms with E-state index in [0.29, 0.717) is 10.9 Å². The highest BCUT2D eigenvalue weighted by molar-refractivity contribution is 7.13. The summed E-state index contributed by atoms with van der Waals surface area (Å²) >= 11 is 1.52. The first-order valence-electron chi connectivity index (χ1n) is 6.14. The van der Waals surface area contributed by atoms with Gasteiger partial charge in [0.25, 0.3) is 0 Å². The van der Waals surface area contributed by atoms with Crippen LogP contribution in [0.2, 0.25) is 0 Å². The van der Waals surface area contributed by atoms with Crippen LogP contribution in [0, 0.1) is 0 Å². The third-order valence-electron chi connectivity index (χ3n) is 3.27. The van der Waals surface area contributed by atoms with E-state index in [9.17, 15) is 4.79 Å². The maximum Gasteiger partial charge on any atom is 0.348 e. The van der Waals surface area contributed by atoms with Crippen molar-refractivity contribution < 1.29 is 14.3 Å².